The van der Waals surface area contributed by atoms with Gasteiger partial charge in [-0.15, -0.1) is 0 Å². The monoisotopic (exact) mass is 310 g/mol. The number of nitrogens with one attached hydrogen (secondary N) is 2. The summed E-state index contributed by atoms with van der Waals surface area (Å²) in [5.74, 6) is -0.179. The van der Waals surface area contributed by atoms with Gasteiger partial charge in [0, 0.05) is 25.5 Å². The molecule has 0 unspecified atom stereocenters. The largest absolute Gasteiger partial charge is 0.351 e. The summed E-state index contributed by atoms with van der Waals surface area (Å²) in [6.07, 6.45) is 8.13. The molecule has 2 amide bonds. The van der Waals surface area contributed by atoms with E-state index in [2.05, 4.69) is 26.3 Å². The summed E-state index contributed by atoms with van der Waals surface area (Å²) in [5, 5.41) is 5.62. The van der Waals surface area contributed by atoms with Crippen LogP contribution in [0.5, 0.6) is 0 Å². The summed E-state index contributed by atoms with van der Waals surface area (Å²) in [6.45, 7) is 1.38. The summed E-state index contributed by atoms with van der Waals surface area (Å²) in [6, 6.07) is 0. The molecule has 0 aliphatic carbocycles. The number of nitrogens with two attached hydrogens (primary N) is 1. The van der Waals surface area contributed by atoms with E-state index < -0.39 is 0 Å². The van der Waals surface area contributed by atoms with E-state index in [0.717, 1.165) is 24.3 Å². The topological polar surface area (TPSA) is 115 Å². The zero-order chi connectivity index (χ0) is 15.5. The van der Waals surface area contributed by atoms with Crippen LogP contribution in [0.2, 0.25) is 0 Å². The number of hydrogen-bond acceptors (Lipinski definition) is 6. The second kappa shape index (κ2) is 9.61. The van der Waals surface area contributed by atoms with Crippen LogP contribution in [0.15, 0.2) is 24.9 Å². The molecule has 0 aromatic carbocycles. The molecule has 0 radical (unpaired) electrons. The number of nitrogens with zero attached hydrogens (tertiary/aromatic N) is 3. The van der Waals surface area contributed by atoms with Gasteiger partial charge in [0.2, 0.25) is 6.41 Å². The third-order valence-electron chi connectivity index (χ3n) is 2.35. The molecular formula is C12H18N6O2S. The Labute approximate surface area is 126 Å². The number of anilines is 1. The molecule has 0 aliphatic rings. The molecule has 0 fully saturated rings. The van der Waals surface area contributed by atoms with Gasteiger partial charge in [-0.2, -0.15) is 0 Å². The van der Waals surface area contributed by atoms with Crippen molar-refractivity contribution < 1.29 is 9.59 Å². The van der Waals surface area contributed by atoms with Crippen molar-refractivity contribution in [1.29, 1.82) is 0 Å². The number of thiazole rings is 1. The first-order valence-corrected chi connectivity index (χ1v) is 7.09. The molecule has 4 N–H and O–H groups in total. The van der Waals surface area contributed by atoms with Gasteiger partial charge in [0.25, 0.3) is 5.91 Å². The smallest absolute Gasteiger partial charge is 0.263 e. The maximum absolute atomic E-state index is 11.7. The number of hydrogen-bond donors (Lipinski definition) is 3. The number of aromatic nitrogens is 3. The number of amides is 2. The predicted octanol–water partition coefficient (Wildman–Crippen LogP) is 0.303. The highest BCUT2D eigenvalue weighted by Crippen LogP contribution is 2.16. The number of imidazole rings is 1. The first-order chi connectivity index (χ1) is 10.3. The molecule has 21 heavy (non-hydrogen) atoms. The quantitative estimate of drug-likeness (QED) is 0.502. The van der Waals surface area contributed by atoms with Crippen LogP contribution in [-0.2, 0) is 11.3 Å². The first kappa shape index (κ1) is 16.8. The molecule has 0 aliphatic heterocycles. The van der Waals surface area contributed by atoms with Crippen LogP contribution in [-0.4, -0.2) is 40.4 Å². The molecule has 2 aromatic heterocycles. The average molecular weight is 310 g/mol. The molecule has 0 saturated carbocycles. The second-order valence-electron chi connectivity index (χ2n) is 3.70. The standard InChI is InChI=1S/C11H13N5O2S.CH5N/c17-8-15-11-14-6-9(19-11)10(18)13-2-1-4-16-5-3-12-7-16;1-2/h3,5-8H,1-2,4H2,(H,13,18)(H,14,15,17);2H2,1H3. The highest BCUT2D eigenvalue weighted by molar-refractivity contribution is 7.17. The van der Waals surface area contributed by atoms with E-state index in [1.807, 2.05) is 10.8 Å². The molecule has 9 heteroatoms. The van der Waals surface area contributed by atoms with Crippen LogP contribution in [0.25, 0.3) is 0 Å². The van der Waals surface area contributed by atoms with E-state index in [9.17, 15) is 9.59 Å². The fourth-order valence-electron chi connectivity index (χ4n) is 1.47. The maximum Gasteiger partial charge on any atom is 0.263 e. The summed E-state index contributed by atoms with van der Waals surface area (Å²) in [4.78, 5) is 30.3. The Balaban J connectivity index is 0.00000106. The molecule has 0 bridgehead atoms. The van der Waals surface area contributed by atoms with Gasteiger partial charge in [-0.3, -0.25) is 9.59 Å². The van der Waals surface area contributed by atoms with Crippen molar-refractivity contribution in [2.45, 2.75) is 13.0 Å². The van der Waals surface area contributed by atoms with Gasteiger partial charge in [0.05, 0.1) is 12.5 Å². The lowest BCUT2D eigenvalue weighted by Gasteiger charge is -2.03. The molecule has 2 aromatic rings. The van der Waals surface area contributed by atoms with Gasteiger partial charge < -0.3 is 20.9 Å². The molecule has 0 atom stereocenters. The molecule has 0 saturated heterocycles. The summed E-state index contributed by atoms with van der Waals surface area (Å²) in [7, 11) is 1.50. The van der Waals surface area contributed by atoms with E-state index in [4.69, 9.17) is 0 Å². The highest BCUT2D eigenvalue weighted by Gasteiger charge is 2.09. The molecular weight excluding hydrogens is 292 g/mol. The first-order valence-electron chi connectivity index (χ1n) is 6.27. The van der Waals surface area contributed by atoms with Crippen molar-refractivity contribution in [3.05, 3.63) is 29.8 Å². The van der Waals surface area contributed by atoms with E-state index in [1.165, 1.54) is 13.2 Å². The zero-order valence-corrected chi connectivity index (χ0v) is 12.5. The third-order valence-corrected chi connectivity index (χ3v) is 3.28. The van der Waals surface area contributed by atoms with E-state index in [1.54, 1.807) is 12.5 Å². The lowest BCUT2D eigenvalue weighted by atomic mass is 10.4. The average Bonchev–Trinajstić information content (AvgIpc) is 3.17. The molecule has 0 spiro atoms. The van der Waals surface area contributed by atoms with Crippen molar-refractivity contribution in [1.82, 2.24) is 19.9 Å². The Morgan fingerprint density at radius 1 is 1.52 bits per heavy atom. The number of carbonyl (C=O) groups is 2. The van der Waals surface area contributed by atoms with Crippen molar-refractivity contribution >= 4 is 28.8 Å². The van der Waals surface area contributed by atoms with E-state index in [0.29, 0.717) is 23.0 Å². The summed E-state index contributed by atoms with van der Waals surface area (Å²) < 4.78 is 1.95. The van der Waals surface area contributed by atoms with Crippen molar-refractivity contribution in [2.75, 3.05) is 18.9 Å². The van der Waals surface area contributed by atoms with E-state index >= 15 is 0 Å². The number of aryl methyl sites for hydroxylation is 1. The fraction of sp³-hybridized carbons (Fsp3) is 0.333. The van der Waals surface area contributed by atoms with Crippen molar-refractivity contribution in [3.8, 4) is 0 Å². The van der Waals surface area contributed by atoms with Crippen LogP contribution < -0.4 is 16.4 Å². The van der Waals surface area contributed by atoms with Crippen LogP contribution in [0, 0.1) is 0 Å². The lowest BCUT2D eigenvalue weighted by molar-refractivity contribution is -0.105. The Morgan fingerprint density at radius 3 is 3.00 bits per heavy atom. The Bertz CT molecular complexity index is 540. The van der Waals surface area contributed by atoms with Crippen LogP contribution in [0.3, 0.4) is 0 Å². The number of carbonyl (C=O) groups excluding carboxylic acids is 2. The van der Waals surface area contributed by atoms with Crippen molar-refractivity contribution in [2.24, 2.45) is 5.73 Å². The fourth-order valence-corrected chi connectivity index (χ4v) is 2.16. The highest BCUT2D eigenvalue weighted by atomic mass is 32.1. The van der Waals surface area contributed by atoms with Gasteiger partial charge >= 0.3 is 0 Å². The van der Waals surface area contributed by atoms with Gasteiger partial charge in [-0.25, -0.2) is 9.97 Å². The molecule has 2 rings (SSSR count). The van der Waals surface area contributed by atoms with Gasteiger partial charge in [0.15, 0.2) is 5.13 Å². The Kier molecular flexibility index (Phi) is 7.69. The lowest BCUT2D eigenvalue weighted by Crippen LogP contribution is -2.24. The minimum atomic E-state index is -0.179. The van der Waals surface area contributed by atoms with Gasteiger partial charge in [-0.1, -0.05) is 11.3 Å². The third kappa shape index (κ3) is 5.71. The molecule has 114 valence electrons. The Morgan fingerprint density at radius 2 is 2.33 bits per heavy atom. The number of rotatable bonds is 7. The Hall–Kier alpha value is -2.26. The predicted molar refractivity (Wildman–Crippen MR) is 81.1 cm³/mol. The second-order valence-corrected chi connectivity index (χ2v) is 4.73. The van der Waals surface area contributed by atoms with Gasteiger partial charge in [-0.05, 0) is 13.5 Å². The van der Waals surface area contributed by atoms with Crippen LogP contribution >= 0.6 is 11.3 Å². The van der Waals surface area contributed by atoms with Crippen LogP contribution in [0.4, 0.5) is 5.13 Å². The molecule has 8 nitrogen and oxygen atoms in total. The van der Waals surface area contributed by atoms with E-state index in [-0.39, 0.29) is 5.91 Å². The normalized spacial score (nSPS) is 9.43. The van der Waals surface area contributed by atoms with Gasteiger partial charge in [0.1, 0.15) is 4.88 Å². The summed E-state index contributed by atoms with van der Waals surface area (Å²) in [5.41, 5.74) is 4.50. The van der Waals surface area contributed by atoms with Crippen LogP contribution in [0.1, 0.15) is 16.1 Å². The van der Waals surface area contributed by atoms with Crippen molar-refractivity contribution in [3.63, 3.8) is 0 Å². The minimum absolute atomic E-state index is 0.179. The SMILES string of the molecule is CN.O=CNc1ncc(C(=O)NCCCn2ccnc2)s1. The molecule has 2 heterocycles. The maximum atomic E-state index is 11.7. The zero-order valence-electron chi connectivity index (χ0n) is 11.7. The minimum Gasteiger partial charge on any atom is -0.351 e. The summed E-state index contributed by atoms with van der Waals surface area (Å²) >= 11 is 1.14.